The number of hydrogen-bond donors (Lipinski definition) is 0. The first kappa shape index (κ1) is 17.9. The number of amides is 2. The van der Waals surface area contributed by atoms with E-state index in [-0.39, 0.29) is 31.2 Å². The third-order valence-corrected chi connectivity index (χ3v) is 3.73. The minimum atomic E-state index is -0.0539. The molecule has 1 aliphatic heterocycles. The Hall–Kier alpha value is -2.12. The third-order valence-electron chi connectivity index (χ3n) is 3.73. The minimum absolute atomic E-state index is 0.0539. The van der Waals surface area contributed by atoms with Crippen LogP contribution in [0, 0.1) is 22.7 Å². The summed E-state index contributed by atoms with van der Waals surface area (Å²) in [5.41, 5.74) is 0. The number of hydrogen-bond acceptors (Lipinski definition) is 5. The lowest BCUT2D eigenvalue weighted by Gasteiger charge is -2.25. The van der Waals surface area contributed by atoms with Gasteiger partial charge in [0.2, 0.25) is 11.8 Å². The first-order valence-corrected chi connectivity index (χ1v) is 7.58. The van der Waals surface area contributed by atoms with Gasteiger partial charge in [-0.15, -0.1) is 0 Å². The second-order valence-electron chi connectivity index (χ2n) is 5.33. The standard InChI is InChI=1S/C15H23N5O2/c1-14(21)19-10-4-7-18(11-12-19)13-15(22)20(8-2-5-16)9-3-6-17/h2-4,7-13H2,1H3. The maximum absolute atomic E-state index is 12.3. The molecule has 0 radical (unpaired) electrons. The summed E-state index contributed by atoms with van der Waals surface area (Å²) < 4.78 is 0. The van der Waals surface area contributed by atoms with Gasteiger partial charge in [0.1, 0.15) is 0 Å². The van der Waals surface area contributed by atoms with Crippen molar-refractivity contribution in [1.29, 1.82) is 10.5 Å². The van der Waals surface area contributed by atoms with Crippen LogP contribution >= 0.6 is 0 Å². The van der Waals surface area contributed by atoms with Crippen LogP contribution in [-0.4, -0.2) is 72.3 Å². The van der Waals surface area contributed by atoms with E-state index >= 15 is 0 Å². The Morgan fingerprint density at radius 1 is 1.05 bits per heavy atom. The van der Waals surface area contributed by atoms with Crippen LogP contribution in [0.4, 0.5) is 0 Å². The van der Waals surface area contributed by atoms with Crippen LogP contribution < -0.4 is 0 Å². The highest BCUT2D eigenvalue weighted by molar-refractivity contribution is 5.78. The van der Waals surface area contributed by atoms with Gasteiger partial charge < -0.3 is 9.80 Å². The van der Waals surface area contributed by atoms with Gasteiger partial charge in [-0.1, -0.05) is 0 Å². The molecule has 0 N–H and O–H groups in total. The van der Waals surface area contributed by atoms with Crippen LogP contribution in [-0.2, 0) is 9.59 Å². The van der Waals surface area contributed by atoms with E-state index in [1.54, 1.807) is 16.7 Å². The maximum Gasteiger partial charge on any atom is 0.236 e. The molecule has 0 spiro atoms. The normalized spacial score (nSPS) is 15.5. The van der Waals surface area contributed by atoms with Gasteiger partial charge in [0.15, 0.2) is 0 Å². The Morgan fingerprint density at radius 2 is 1.68 bits per heavy atom. The SMILES string of the molecule is CC(=O)N1CCCN(CC(=O)N(CCC#N)CCC#N)CC1. The highest BCUT2D eigenvalue weighted by atomic mass is 16.2. The van der Waals surface area contributed by atoms with E-state index in [1.807, 2.05) is 17.0 Å². The molecule has 0 bridgehead atoms. The molecule has 1 fully saturated rings. The number of carbonyl (C=O) groups is 2. The summed E-state index contributed by atoms with van der Waals surface area (Å²) in [6.07, 6.45) is 1.40. The summed E-state index contributed by atoms with van der Waals surface area (Å²) in [5.74, 6) is 0.0135. The summed E-state index contributed by atoms with van der Waals surface area (Å²) >= 11 is 0. The van der Waals surface area contributed by atoms with Gasteiger partial charge in [0.05, 0.1) is 31.5 Å². The topological polar surface area (TPSA) is 91.4 Å². The largest absolute Gasteiger partial charge is 0.342 e. The predicted molar refractivity (Wildman–Crippen MR) is 80.4 cm³/mol. The second kappa shape index (κ2) is 9.75. The zero-order valence-electron chi connectivity index (χ0n) is 13.1. The molecule has 1 aliphatic rings. The lowest BCUT2D eigenvalue weighted by molar-refractivity contribution is -0.132. The molecule has 22 heavy (non-hydrogen) atoms. The Balaban J connectivity index is 2.51. The smallest absolute Gasteiger partial charge is 0.236 e. The third kappa shape index (κ3) is 6.11. The van der Waals surface area contributed by atoms with Gasteiger partial charge in [0, 0.05) is 46.2 Å². The van der Waals surface area contributed by atoms with E-state index in [2.05, 4.69) is 0 Å². The van der Waals surface area contributed by atoms with Gasteiger partial charge in [-0.25, -0.2) is 0 Å². The molecule has 0 aromatic heterocycles. The molecule has 1 rings (SSSR count). The summed E-state index contributed by atoms with van der Waals surface area (Å²) in [6, 6.07) is 4.05. The van der Waals surface area contributed by atoms with Crippen LogP contribution in [0.3, 0.4) is 0 Å². The molecule has 120 valence electrons. The molecule has 2 amide bonds. The average molecular weight is 305 g/mol. The molecule has 1 heterocycles. The fraction of sp³-hybridized carbons (Fsp3) is 0.733. The Labute approximate surface area is 131 Å². The van der Waals surface area contributed by atoms with Gasteiger partial charge in [-0.3, -0.25) is 14.5 Å². The van der Waals surface area contributed by atoms with Crippen molar-refractivity contribution in [2.75, 3.05) is 45.8 Å². The van der Waals surface area contributed by atoms with Gasteiger partial charge in [0.25, 0.3) is 0 Å². The monoisotopic (exact) mass is 305 g/mol. The highest BCUT2D eigenvalue weighted by Gasteiger charge is 2.21. The molecule has 7 nitrogen and oxygen atoms in total. The Kier molecular flexibility index (Phi) is 7.95. The number of nitriles is 2. The van der Waals surface area contributed by atoms with E-state index in [0.717, 1.165) is 19.5 Å². The van der Waals surface area contributed by atoms with E-state index in [0.29, 0.717) is 26.2 Å². The van der Waals surface area contributed by atoms with Crippen molar-refractivity contribution in [2.45, 2.75) is 26.2 Å². The number of nitrogens with zero attached hydrogens (tertiary/aromatic N) is 5. The molecule has 0 saturated carbocycles. The fourth-order valence-corrected chi connectivity index (χ4v) is 2.47. The molecule has 0 aromatic carbocycles. The lowest BCUT2D eigenvalue weighted by Crippen LogP contribution is -2.42. The summed E-state index contributed by atoms with van der Waals surface area (Å²) in [6.45, 7) is 5.39. The van der Waals surface area contributed by atoms with Crippen molar-refractivity contribution < 1.29 is 9.59 Å². The van der Waals surface area contributed by atoms with Crippen LogP contribution in [0.2, 0.25) is 0 Å². The van der Waals surface area contributed by atoms with Crippen molar-refractivity contribution in [1.82, 2.24) is 14.7 Å². The zero-order valence-corrected chi connectivity index (χ0v) is 13.1. The van der Waals surface area contributed by atoms with Crippen molar-refractivity contribution >= 4 is 11.8 Å². The van der Waals surface area contributed by atoms with Crippen LogP contribution in [0.5, 0.6) is 0 Å². The maximum atomic E-state index is 12.3. The number of carbonyl (C=O) groups excluding carboxylic acids is 2. The lowest BCUT2D eigenvalue weighted by atomic mass is 10.3. The summed E-state index contributed by atoms with van der Waals surface area (Å²) in [7, 11) is 0. The quantitative estimate of drug-likeness (QED) is 0.699. The van der Waals surface area contributed by atoms with Gasteiger partial charge >= 0.3 is 0 Å². The first-order valence-electron chi connectivity index (χ1n) is 7.58. The van der Waals surface area contributed by atoms with Crippen molar-refractivity contribution in [2.24, 2.45) is 0 Å². The second-order valence-corrected chi connectivity index (χ2v) is 5.33. The van der Waals surface area contributed by atoms with Gasteiger partial charge in [-0.05, 0) is 6.42 Å². The Bertz CT molecular complexity index is 448. The zero-order chi connectivity index (χ0) is 16.4. The van der Waals surface area contributed by atoms with Crippen LogP contribution in [0.1, 0.15) is 26.2 Å². The predicted octanol–water partition coefficient (Wildman–Crippen LogP) is 0.197. The van der Waals surface area contributed by atoms with E-state index in [9.17, 15) is 9.59 Å². The molecule has 0 aliphatic carbocycles. The van der Waals surface area contributed by atoms with Crippen molar-refractivity contribution in [3.05, 3.63) is 0 Å². The molecule has 0 unspecified atom stereocenters. The van der Waals surface area contributed by atoms with Crippen LogP contribution in [0.25, 0.3) is 0 Å². The molecule has 1 saturated heterocycles. The molecular formula is C15H23N5O2. The molecule has 0 atom stereocenters. The summed E-state index contributed by atoms with van der Waals surface area (Å²) in [5, 5.41) is 17.3. The van der Waals surface area contributed by atoms with Crippen molar-refractivity contribution in [3.8, 4) is 12.1 Å². The first-order chi connectivity index (χ1) is 10.6. The van der Waals surface area contributed by atoms with Gasteiger partial charge in [-0.2, -0.15) is 10.5 Å². The average Bonchev–Trinajstić information content (AvgIpc) is 2.73. The highest BCUT2D eigenvalue weighted by Crippen LogP contribution is 2.05. The van der Waals surface area contributed by atoms with E-state index < -0.39 is 0 Å². The van der Waals surface area contributed by atoms with Crippen LogP contribution in [0.15, 0.2) is 0 Å². The molecular weight excluding hydrogens is 282 g/mol. The van der Waals surface area contributed by atoms with E-state index in [4.69, 9.17) is 10.5 Å². The number of rotatable bonds is 6. The van der Waals surface area contributed by atoms with Crippen molar-refractivity contribution in [3.63, 3.8) is 0 Å². The summed E-state index contributed by atoms with van der Waals surface area (Å²) in [4.78, 5) is 29.2. The van der Waals surface area contributed by atoms with E-state index in [1.165, 1.54) is 0 Å². The molecule has 0 aromatic rings. The fourth-order valence-electron chi connectivity index (χ4n) is 2.47. The Morgan fingerprint density at radius 3 is 2.23 bits per heavy atom. The molecule has 7 heteroatoms. The minimum Gasteiger partial charge on any atom is -0.342 e.